The Labute approximate surface area is 97.4 Å². The second-order valence-corrected chi connectivity index (χ2v) is 3.72. The van der Waals surface area contributed by atoms with Gasteiger partial charge in [-0.05, 0) is 16.3 Å². The molecule has 0 aliphatic rings. The Kier molecular flexibility index (Phi) is 2.27. The van der Waals surface area contributed by atoms with Gasteiger partial charge in [-0.25, -0.2) is 5.48 Å². The van der Waals surface area contributed by atoms with Crippen molar-refractivity contribution >= 4 is 16.6 Å². The van der Waals surface area contributed by atoms with Crippen molar-refractivity contribution in [3.63, 3.8) is 0 Å². The number of benzene rings is 2. The summed E-state index contributed by atoms with van der Waals surface area (Å²) in [5.74, 6) is 0.321. The molecule has 0 fully saturated rings. The molecule has 3 aromatic rings. The van der Waals surface area contributed by atoms with Crippen molar-refractivity contribution in [1.82, 2.24) is 5.16 Å². The topological polar surface area (TPSA) is 58.3 Å². The molecule has 0 bridgehead atoms. The average molecular weight is 226 g/mol. The van der Waals surface area contributed by atoms with Crippen molar-refractivity contribution in [2.75, 3.05) is 5.48 Å². The quantitative estimate of drug-likeness (QED) is 0.658. The van der Waals surface area contributed by atoms with Crippen LogP contribution >= 0.6 is 0 Å². The van der Waals surface area contributed by atoms with Crippen LogP contribution in [0, 0.1) is 0 Å². The second kappa shape index (κ2) is 3.92. The number of hydrogen-bond acceptors (Lipinski definition) is 4. The smallest absolute Gasteiger partial charge is 0.200 e. The van der Waals surface area contributed by atoms with E-state index in [9.17, 15) is 0 Å². The number of nitrogens with one attached hydrogen (secondary N) is 1. The normalized spacial score (nSPS) is 10.6. The molecule has 2 N–H and O–H groups in total. The van der Waals surface area contributed by atoms with Crippen LogP contribution in [0.25, 0.3) is 21.9 Å². The molecule has 0 atom stereocenters. The van der Waals surface area contributed by atoms with Crippen molar-refractivity contribution in [3.05, 3.63) is 48.7 Å². The minimum Gasteiger partial charge on any atom is -0.362 e. The van der Waals surface area contributed by atoms with Gasteiger partial charge >= 0.3 is 0 Å². The predicted molar refractivity (Wildman–Crippen MR) is 64.9 cm³/mol. The molecule has 0 spiro atoms. The minimum atomic E-state index is 0.321. The zero-order chi connectivity index (χ0) is 11.7. The highest BCUT2D eigenvalue weighted by Crippen LogP contribution is 2.32. The summed E-state index contributed by atoms with van der Waals surface area (Å²) in [4.78, 5) is 0. The minimum absolute atomic E-state index is 0.321. The molecule has 0 saturated carbocycles. The highest BCUT2D eigenvalue weighted by Gasteiger charge is 2.11. The van der Waals surface area contributed by atoms with E-state index >= 15 is 0 Å². The zero-order valence-electron chi connectivity index (χ0n) is 8.92. The Morgan fingerprint density at radius 1 is 1.00 bits per heavy atom. The molecule has 3 rings (SSSR count). The molecule has 0 amide bonds. The number of fused-ring (bicyclic) bond motifs is 1. The number of rotatable bonds is 2. The van der Waals surface area contributed by atoms with E-state index in [1.165, 1.54) is 6.26 Å². The van der Waals surface area contributed by atoms with Gasteiger partial charge < -0.3 is 4.52 Å². The summed E-state index contributed by atoms with van der Waals surface area (Å²) in [5.41, 5.74) is 3.75. The van der Waals surface area contributed by atoms with E-state index in [1.54, 1.807) is 0 Å². The van der Waals surface area contributed by atoms with E-state index in [2.05, 4.69) is 5.16 Å². The van der Waals surface area contributed by atoms with Crippen molar-refractivity contribution in [2.24, 2.45) is 0 Å². The molecule has 4 nitrogen and oxygen atoms in total. The SMILES string of the molecule is ONc1nocc1-c1cccc2ccccc12. The third-order valence-electron chi connectivity index (χ3n) is 2.76. The summed E-state index contributed by atoms with van der Waals surface area (Å²) in [6.45, 7) is 0. The molecule has 0 saturated heterocycles. The molecule has 2 aromatic carbocycles. The summed E-state index contributed by atoms with van der Waals surface area (Å²) in [6, 6.07) is 14.0. The van der Waals surface area contributed by atoms with Crippen LogP contribution in [0.4, 0.5) is 5.82 Å². The van der Waals surface area contributed by atoms with Gasteiger partial charge in [0.15, 0.2) is 0 Å². The first-order valence-corrected chi connectivity index (χ1v) is 5.23. The zero-order valence-corrected chi connectivity index (χ0v) is 8.92. The Morgan fingerprint density at radius 2 is 1.82 bits per heavy atom. The van der Waals surface area contributed by atoms with E-state index in [1.807, 2.05) is 47.9 Å². The Morgan fingerprint density at radius 3 is 2.71 bits per heavy atom. The lowest BCUT2D eigenvalue weighted by Crippen LogP contribution is -1.91. The van der Waals surface area contributed by atoms with Crippen LogP contribution in [0.1, 0.15) is 0 Å². The van der Waals surface area contributed by atoms with Crippen molar-refractivity contribution in [2.45, 2.75) is 0 Å². The van der Waals surface area contributed by atoms with Crippen LogP contribution in [-0.2, 0) is 0 Å². The third-order valence-corrected chi connectivity index (χ3v) is 2.76. The first kappa shape index (κ1) is 9.86. The summed E-state index contributed by atoms with van der Waals surface area (Å²) in [6.07, 6.45) is 1.51. The monoisotopic (exact) mass is 226 g/mol. The molecule has 0 aliphatic heterocycles. The van der Waals surface area contributed by atoms with Crippen LogP contribution in [0.5, 0.6) is 0 Å². The summed E-state index contributed by atoms with van der Waals surface area (Å²) < 4.78 is 4.87. The number of hydrogen-bond donors (Lipinski definition) is 2. The van der Waals surface area contributed by atoms with Crippen LogP contribution in [-0.4, -0.2) is 10.4 Å². The molecule has 1 aromatic heterocycles. The van der Waals surface area contributed by atoms with Gasteiger partial charge in [-0.1, -0.05) is 47.6 Å². The van der Waals surface area contributed by atoms with E-state index in [0.717, 1.165) is 21.9 Å². The molecule has 84 valence electrons. The van der Waals surface area contributed by atoms with E-state index in [0.29, 0.717) is 5.82 Å². The lowest BCUT2D eigenvalue weighted by Gasteiger charge is -2.05. The first-order chi connectivity index (χ1) is 8.40. The average Bonchev–Trinajstić information content (AvgIpc) is 2.86. The van der Waals surface area contributed by atoms with Gasteiger partial charge in [0.05, 0.1) is 5.56 Å². The van der Waals surface area contributed by atoms with E-state index < -0.39 is 0 Å². The maximum atomic E-state index is 8.97. The van der Waals surface area contributed by atoms with Gasteiger partial charge in [-0.2, -0.15) is 0 Å². The van der Waals surface area contributed by atoms with Crippen LogP contribution in [0.2, 0.25) is 0 Å². The van der Waals surface area contributed by atoms with E-state index in [4.69, 9.17) is 9.73 Å². The molecule has 0 radical (unpaired) electrons. The van der Waals surface area contributed by atoms with Gasteiger partial charge in [0, 0.05) is 0 Å². The summed E-state index contributed by atoms with van der Waals surface area (Å²) in [7, 11) is 0. The van der Waals surface area contributed by atoms with E-state index in [-0.39, 0.29) is 0 Å². The van der Waals surface area contributed by atoms with Crippen molar-refractivity contribution in [3.8, 4) is 11.1 Å². The second-order valence-electron chi connectivity index (χ2n) is 3.72. The Hall–Kier alpha value is -2.33. The maximum absolute atomic E-state index is 8.97. The van der Waals surface area contributed by atoms with Gasteiger partial charge in [0.2, 0.25) is 5.82 Å². The van der Waals surface area contributed by atoms with Crippen LogP contribution < -0.4 is 5.48 Å². The molecule has 0 unspecified atom stereocenters. The fourth-order valence-electron chi connectivity index (χ4n) is 1.97. The summed E-state index contributed by atoms with van der Waals surface area (Å²) >= 11 is 0. The predicted octanol–water partition coefficient (Wildman–Crippen LogP) is 3.30. The third kappa shape index (κ3) is 1.55. The fourth-order valence-corrected chi connectivity index (χ4v) is 1.97. The molecular formula is C13H10N2O2. The maximum Gasteiger partial charge on any atom is 0.200 e. The van der Waals surface area contributed by atoms with Crippen LogP contribution in [0.15, 0.2) is 53.3 Å². The van der Waals surface area contributed by atoms with Gasteiger partial charge in [-0.3, -0.25) is 5.21 Å². The van der Waals surface area contributed by atoms with Crippen molar-refractivity contribution < 1.29 is 9.73 Å². The number of anilines is 1. The molecule has 4 heteroatoms. The number of nitrogens with zero attached hydrogens (tertiary/aromatic N) is 1. The fraction of sp³-hybridized carbons (Fsp3) is 0. The van der Waals surface area contributed by atoms with Gasteiger partial charge in [0.25, 0.3) is 0 Å². The first-order valence-electron chi connectivity index (χ1n) is 5.23. The Balaban J connectivity index is 2.31. The Bertz CT molecular complexity index is 656. The summed E-state index contributed by atoms with van der Waals surface area (Å²) in [5, 5.41) is 14.9. The highest BCUT2D eigenvalue weighted by molar-refractivity contribution is 5.98. The number of aromatic nitrogens is 1. The van der Waals surface area contributed by atoms with Gasteiger partial charge in [0.1, 0.15) is 6.26 Å². The molecule has 1 heterocycles. The van der Waals surface area contributed by atoms with Crippen LogP contribution in [0.3, 0.4) is 0 Å². The lowest BCUT2D eigenvalue weighted by atomic mass is 10.0. The standard InChI is InChI=1S/C13H10N2O2/c16-14-13-12(8-17-15-13)11-7-3-5-9-4-1-2-6-10(9)11/h1-8,16H,(H,14,15). The molecule has 17 heavy (non-hydrogen) atoms. The molecule has 0 aliphatic carbocycles. The van der Waals surface area contributed by atoms with Gasteiger partial charge in [-0.15, -0.1) is 0 Å². The molecular weight excluding hydrogens is 216 g/mol. The highest BCUT2D eigenvalue weighted by atomic mass is 16.5. The lowest BCUT2D eigenvalue weighted by molar-refractivity contribution is 0.368. The van der Waals surface area contributed by atoms with Crippen molar-refractivity contribution in [1.29, 1.82) is 0 Å². The largest absolute Gasteiger partial charge is 0.362 e.